The number of thiocarbonyl (C=S) groups is 1. The van der Waals surface area contributed by atoms with Gasteiger partial charge >= 0.3 is 6.18 Å². The summed E-state index contributed by atoms with van der Waals surface area (Å²) in [6.45, 7) is 3.88. The zero-order chi connectivity index (χ0) is 34.4. The first-order chi connectivity index (χ1) is 22.9. The first-order valence-electron chi connectivity index (χ1n) is 15.4. The quantitative estimate of drug-likeness (QED) is 0.111. The van der Waals surface area contributed by atoms with Gasteiger partial charge in [-0.3, -0.25) is 4.79 Å². The summed E-state index contributed by atoms with van der Waals surface area (Å²) in [5, 5.41) is 14.3. The summed E-state index contributed by atoms with van der Waals surface area (Å²) < 4.78 is 44.1. The number of benzene rings is 4. The van der Waals surface area contributed by atoms with E-state index in [1.54, 1.807) is 24.7 Å². The summed E-state index contributed by atoms with van der Waals surface area (Å²) in [6.07, 6.45) is -2.40. The minimum absolute atomic E-state index is 0.00463. The van der Waals surface area contributed by atoms with Crippen LogP contribution in [0, 0.1) is 23.2 Å². The van der Waals surface area contributed by atoms with Crippen molar-refractivity contribution >= 4 is 39.6 Å². The second-order valence-corrected chi connectivity index (χ2v) is 12.4. The number of alkyl halides is 3. The van der Waals surface area contributed by atoms with E-state index in [9.17, 15) is 18.0 Å². The van der Waals surface area contributed by atoms with Crippen LogP contribution in [0.3, 0.4) is 0 Å². The van der Waals surface area contributed by atoms with Gasteiger partial charge in [-0.25, -0.2) is 4.98 Å². The Labute approximate surface area is 282 Å². The maximum absolute atomic E-state index is 14.1. The highest BCUT2D eigenvalue weighted by molar-refractivity contribution is 7.80. The van der Waals surface area contributed by atoms with Gasteiger partial charge in [0.25, 0.3) is 0 Å². The molecule has 0 radical (unpaired) electrons. The van der Waals surface area contributed by atoms with E-state index in [0.717, 1.165) is 22.4 Å². The molecule has 0 aliphatic rings. The van der Waals surface area contributed by atoms with E-state index in [2.05, 4.69) is 16.4 Å². The van der Waals surface area contributed by atoms with Crippen molar-refractivity contribution in [1.29, 1.82) is 5.26 Å². The van der Waals surface area contributed by atoms with E-state index in [1.807, 2.05) is 73.0 Å². The minimum atomic E-state index is -4.60. The summed E-state index contributed by atoms with van der Waals surface area (Å²) in [6, 6.07) is 28.0. The van der Waals surface area contributed by atoms with Crippen molar-refractivity contribution < 1.29 is 18.0 Å². The third-order valence-electron chi connectivity index (χ3n) is 8.33. The Morgan fingerprint density at radius 1 is 1.02 bits per heavy atom. The first kappa shape index (κ1) is 34.3. The average molecular weight is 669 g/mol. The normalized spacial score (nSPS) is 12.8. The topological polar surface area (TPSA) is 100.0 Å². The van der Waals surface area contributed by atoms with Crippen LogP contribution in [-0.2, 0) is 30.5 Å². The molecule has 246 valence electrons. The van der Waals surface area contributed by atoms with Crippen LogP contribution in [0.4, 0.5) is 18.9 Å². The van der Waals surface area contributed by atoms with Crippen LogP contribution in [0.25, 0.3) is 10.8 Å². The molecule has 1 heterocycles. The molecule has 5 rings (SSSR count). The fourth-order valence-electron chi connectivity index (χ4n) is 5.86. The van der Waals surface area contributed by atoms with Crippen molar-refractivity contribution in [3.8, 4) is 6.07 Å². The molecule has 3 N–H and O–H groups in total. The lowest BCUT2D eigenvalue weighted by Gasteiger charge is -2.38. The highest BCUT2D eigenvalue weighted by atomic mass is 32.1. The minimum Gasteiger partial charge on any atom is -0.333 e. The van der Waals surface area contributed by atoms with Crippen LogP contribution in [0.5, 0.6) is 0 Å². The molecule has 0 saturated carbocycles. The Hall–Kier alpha value is -5.05. The maximum Gasteiger partial charge on any atom is 0.416 e. The predicted molar refractivity (Wildman–Crippen MR) is 185 cm³/mol. The number of nitriles is 1. The smallest absolute Gasteiger partial charge is 0.333 e. The molecule has 1 unspecified atom stereocenters. The molecule has 0 amide bonds. The number of carbonyl (C=O) groups is 1. The highest BCUT2D eigenvalue weighted by Gasteiger charge is 2.37. The molecule has 11 heteroatoms. The summed E-state index contributed by atoms with van der Waals surface area (Å²) in [4.78, 5) is 19.8. The fourth-order valence-corrected chi connectivity index (χ4v) is 6.16. The number of nitrogens with zero attached hydrogens (tertiary/aromatic N) is 4. The van der Waals surface area contributed by atoms with Gasteiger partial charge in [0.15, 0.2) is 5.11 Å². The van der Waals surface area contributed by atoms with Crippen molar-refractivity contribution in [1.82, 2.24) is 14.5 Å². The Bertz CT molecular complexity index is 1950. The van der Waals surface area contributed by atoms with Crippen LogP contribution in [0.1, 0.15) is 41.8 Å². The number of hydrogen-bond donors (Lipinski definition) is 2. The number of hydrogen-bond acceptors (Lipinski definition) is 5. The summed E-state index contributed by atoms with van der Waals surface area (Å²) in [5.74, 6) is -1.26. The second-order valence-electron chi connectivity index (χ2n) is 12.0. The average Bonchev–Trinajstić information content (AvgIpc) is 3.49. The predicted octanol–water partition coefficient (Wildman–Crippen LogP) is 7.54. The van der Waals surface area contributed by atoms with E-state index in [-0.39, 0.29) is 35.3 Å². The van der Waals surface area contributed by atoms with Gasteiger partial charge in [-0.15, -0.1) is 0 Å². The van der Waals surface area contributed by atoms with Crippen molar-refractivity contribution in [2.45, 2.75) is 45.7 Å². The van der Waals surface area contributed by atoms with Crippen LogP contribution < -0.4 is 11.1 Å². The number of fused-ring (bicyclic) bond motifs is 1. The van der Waals surface area contributed by atoms with Gasteiger partial charge in [0.05, 0.1) is 35.6 Å². The molecule has 7 nitrogen and oxygen atoms in total. The maximum atomic E-state index is 14.1. The van der Waals surface area contributed by atoms with Gasteiger partial charge in [0.2, 0.25) is 0 Å². The number of ketones is 1. The van der Waals surface area contributed by atoms with Gasteiger partial charge in [-0.05, 0) is 70.4 Å². The zero-order valence-corrected chi connectivity index (χ0v) is 27.3. The summed E-state index contributed by atoms with van der Waals surface area (Å²) in [5.41, 5.74) is 8.84. The number of rotatable bonds is 11. The van der Waals surface area contributed by atoms with Gasteiger partial charge in [0, 0.05) is 37.1 Å². The molecule has 2 atom stereocenters. The van der Waals surface area contributed by atoms with Gasteiger partial charge in [-0.1, -0.05) is 74.5 Å². The number of nitrogens with two attached hydrogens (primary N) is 1. The molecule has 0 bridgehead atoms. The van der Waals surface area contributed by atoms with Gasteiger partial charge in [0.1, 0.15) is 5.78 Å². The molecule has 48 heavy (non-hydrogen) atoms. The summed E-state index contributed by atoms with van der Waals surface area (Å²) in [7, 11) is 0. The van der Waals surface area contributed by atoms with E-state index in [4.69, 9.17) is 23.2 Å². The zero-order valence-electron chi connectivity index (χ0n) is 26.5. The van der Waals surface area contributed by atoms with Crippen molar-refractivity contribution in [2.24, 2.45) is 17.6 Å². The largest absolute Gasteiger partial charge is 0.416 e. The third kappa shape index (κ3) is 8.08. The van der Waals surface area contributed by atoms with Gasteiger partial charge < -0.3 is 20.5 Å². The fraction of sp³-hybridized carbons (Fsp3) is 0.243. The molecular formula is C37H35F3N6OS. The molecule has 0 fully saturated rings. The van der Waals surface area contributed by atoms with E-state index in [1.165, 1.54) is 23.1 Å². The van der Waals surface area contributed by atoms with Crippen LogP contribution in [-0.4, -0.2) is 31.5 Å². The van der Waals surface area contributed by atoms with Crippen LogP contribution in [0.2, 0.25) is 0 Å². The molecule has 0 saturated heterocycles. The molecule has 5 aromatic rings. The Kier molecular flexibility index (Phi) is 10.6. The molecule has 0 aliphatic carbocycles. The molecule has 0 aliphatic heterocycles. The van der Waals surface area contributed by atoms with Crippen molar-refractivity contribution in [3.63, 3.8) is 0 Å². The number of imidazole rings is 1. The lowest BCUT2D eigenvalue weighted by Crippen LogP contribution is -2.55. The van der Waals surface area contributed by atoms with Crippen LogP contribution >= 0.6 is 12.2 Å². The number of halogens is 3. The van der Waals surface area contributed by atoms with Crippen molar-refractivity contribution in [3.05, 3.63) is 131 Å². The van der Waals surface area contributed by atoms with E-state index < -0.39 is 23.8 Å². The second kappa shape index (κ2) is 14.8. The molecule has 4 aromatic carbocycles. The Morgan fingerprint density at radius 2 is 1.71 bits per heavy atom. The molecular weight excluding hydrogens is 634 g/mol. The first-order valence-corrected chi connectivity index (χ1v) is 15.8. The third-order valence-corrected chi connectivity index (χ3v) is 8.67. The monoisotopic (exact) mass is 668 g/mol. The van der Waals surface area contributed by atoms with Crippen molar-refractivity contribution in [2.75, 3.05) is 5.32 Å². The molecule has 0 spiro atoms. The summed E-state index contributed by atoms with van der Waals surface area (Å²) >= 11 is 5.82. The number of carbonyl (C=O) groups excluding carboxylic acids is 1. The number of Topliss-reactive ketones (excluding diaryl/α,β-unsaturated/α-hetero) is 1. The van der Waals surface area contributed by atoms with E-state index in [0.29, 0.717) is 23.5 Å². The number of aromatic nitrogens is 2. The lowest BCUT2D eigenvalue weighted by molar-refractivity contribution is -0.138. The van der Waals surface area contributed by atoms with Crippen LogP contribution in [0.15, 0.2) is 104 Å². The highest BCUT2D eigenvalue weighted by Crippen LogP contribution is 2.33. The Balaban J connectivity index is 1.43. The lowest BCUT2D eigenvalue weighted by atomic mass is 9.86. The Morgan fingerprint density at radius 3 is 2.40 bits per heavy atom. The number of nitrogens with one attached hydrogen (secondary N) is 1. The molecule has 1 aromatic heterocycles. The number of anilines is 1. The SMILES string of the molecule is CC(C)[C@H](C(=O)Cc1cncn1Cc1ccc(C#N)cc1)C(N)N(Cc1ccccc1C(F)(F)F)C(=S)Nc1ccc2ccccc2c1. The standard InChI is InChI=1S/C37H35F3N6OS/c1-24(2)34(33(47)18-31-20-43-23-45(31)21-26-13-11-25(19-41)12-14-26)35(42)46(22-29-9-5-6-10-32(29)37(38,39)40)36(48)44-30-16-15-27-7-3-4-8-28(27)17-30/h3-17,20,23-24,34-35H,18,21-22,42H2,1-2H3,(H,44,48)/t34-,35?/m1/s1. The van der Waals surface area contributed by atoms with Gasteiger partial charge in [-0.2, -0.15) is 18.4 Å². The van der Waals surface area contributed by atoms with E-state index >= 15 is 0 Å².